The summed E-state index contributed by atoms with van der Waals surface area (Å²) in [7, 11) is 0. The summed E-state index contributed by atoms with van der Waals surface area (Å²) in [6.45, 7) is 2.13. The van der Waals surface area contributed by atoms with Crippen LogP contribution < -0.4 is 10.1 Å². The van der Waals surface area contributed by atoms with E-state index in [4.69, 9.17) is 4.74 Å². The number of amides is 1. The van der Waals surface area contributed by atoms with E-state index in [9.17, 15) is 4.79 Å². The summed E-state index contributed by atoms with van der Waals surface area (Å²) in [5.74, 6) is 0.339. The molecule has 0 saturated heterocycles. The molecule has 1 aliphatic rings. The Morgan fingerprint density at radius 2 is 2.00 bits per heavy atom. The van der Waals surface area contributed by atoms with Crippen LogP contribution in [0.5, 0.6) is 5.88 Å². The van der Waals surface area contributed by atoms with E-state index in [0.29, 0.717) is 5.88 Å². The zero-order valence-corrected chi connectivity index (χ0v) is 17.0. The number of ether oxygens (including phenoxy) is 1. The SMILES string of the molecule is CCCCc1ccc(NC(=O)COc2ncnc3sc4c(c23)CCCC4)cc1. The quantitative estimate of drug-likeness (QED) is 0.616. The van der Waals surface area contributed by atoms with Gasteiger partial charge in [0.15, 0.2) is 6.61 Å². The molecule has 0 fully saturated rings. The Hall–Kier alpha value is -2.47. The molecule has 0 spiro atoms. The number of hydrogen-bond donors (Lipinski definition) is 1. The Morgan fingerprint density at radius 3 is 2.82 bits per heavy atom. The fourth-order valence-electron chi connectivity index (χ4n) is 3.64. The number of carbonyl (C=O) groups is 1. The molecule has 146 valence electrons. The third-order valence-electron chi connectivity index (χ3n) is 5.11. The van der Waals surface area contributed by atoms with E-state index < -0.39 is 0 Å². The van der Waals surface area contributed by atoms with Crippen molar-refractivity contribution in [2.45, 2.75) is 51.9 Å². The molecule has 28 heavy (non-hydrogen) atoms. The van der Waals surface area contributed by atoms with E-state index in [1.165, 1.54) is 48.0 Å². The molecule has 3 aromatic rings. The van der Waals surface area contributed by atoms with Gasteiger partial charge in [-0.05, 0) is 61.8 Å². The monoisotopic (exact) mass is 395 g/mol. The molecular weight excluding hydrogens is 370 g/mol. The van der Waals surface area contributed by atoms with Crippen LogP contribution in [-0.4, -0.2) is 22.5 Å². The van der Waals surface area contributed by atoms with Crippen molar-refractivity contribution in [1.82, 2.24) is 9.97 Å². The van der Waals surface area contributed by atoms with Gasteiger partial charge < -0.3 is 10.1 Å². The molecular formula is C22H25N3O2S. The first-order chi connectivity index (χ1) is 13.7. The molecule has 0 radical (unpaired) electrons. The summed E-state index contributed by atoms with van der Waals surface area (Å²) in [6.07, 6.45) is 9.50. The van der Waals surface area contributed by atoms with Gasteiger partial charge in [-0.15, -0.1) is 11.3 Å². The zero-order valence-electron chi connectivity index (χ0n) is 16.2. The second-order valence-electron chi connectivity index (χ2n) is 7.21. The van der Waals surface area contributed by atoms with Gasteiger partial charge in [0.25, 0.3) is 5.91 Å². The third kappa shape index (κ3) is 4.17. The smallest absolute Gasteiger partial charge is 0.262 e. The molecule has 0 unspecified atom stereocenters. The summed E-state index contributed by atoms with van der Waals surface area (Å²) in [6, 6.07) is 8.03. The fourth-order valence-corrected chi connectivity index (χ4v) is 4.86. The lowest BCUT2D eigenvalue weighted by Crippen LogP contribution is -2.20. The van der Waals surface area contributed by atoms with Crippen LogP contribution in [0, 0.1) is 0 Å². The van der Waals surface area contributed by atoms with E-state index in [2.05, 4.69) is 34.3 Å². The number of nitrogens with zero attached hydrogens (tertiary/aromatic N) is 2. The van der Waals surface area contributed by atoms with Crippen LogP contribution >= 0.6 is 11.3 Å². The Kier molecular flexibility index (Phi) is 5.86. The van der Waals surface area contributed by atoms with Gasteiger partial charge in [-0.25, -0.2) is 9.97 Å². The van der Waals surface area contributed by atoms with Gasteiger partial charge in [0, 0.05) is 10.6 Å². The highest BCUT2D eigenvalue weighted by molar-refractivity contribution is 7.18. The summed E-state index contributed by atoms with van der Waals surface area (Å²) in [4.78, 5) is 23.4. The highest BCUT2D eigenvalue weighted by atomic mass is 32.1. The summed E-state index contributed by atoms with van der Waals surface area (Å²) in [5, 5.41) is 3.89. The topological polar surface area (TPSA) is 64.1 Å². The van der Waals surface area contributed by atoms with Crippen molar-refractivity contribution in [3.63, 3.8) is 0 Å². The Bertz CT molecular complexity index is 966. The van der Waals surface area contributed by atoms with Crippen LogP contribution in [0.2, 0.25) is 0 Å². The molecule has 4 rings (SSSR count). The Morgan fingerprint density at radius 1 is 1.18 bits per heavy atom. The number of carbonyl (C=O) groups excluding carboxylic acids is 1. The van der Waals surface area contributed by atoms with Gasteiger partial charge >= 0.3 is 0 Å². The lowest BCUT2D eigenvalue weighted by molar-refractivity contribution is -0.118. The standard InChI is InChI=1S/C22H25N3O2S/c1-2-3-6-15-9-11-16(12-10-15)25-19(26)13-27-21-20-17-7-4-5-8-18(17)28-22(20)24-14-23-21/h9-12,14H,2-8,13H2,1H3,(H,25,26). The van der Waals surface area contributed by atoms with E-state index in [1.54, 1.807) is 11.3 Å². The molecule has 0 aliphatic heterocycles. The maximum atomic E-state index is 12.3. The first-order valence-electron chi connectivity index (χ1n) is 10.0. The predicted octanol–water partition coefficient (Wildman–Crippen LogP) is 4.93. The number of hydrogen-bond acceptors (Lipinski definition) is 5. The number of fused-ring (bicyclic) bond motifs is 3. The van der Waals surface area contributed by atoms with Crippen molar-refractivity contribution in [2.24, 2.45) is 0 Å². The molecule has 1 aliphatic carbocycles. The van der Waals surface area contributed by atoms with Crippen molar-refractivity contribution in [3.05, 3.63) is 46.6 Å². The Labute approximate surface area is 169 Å². The molecule has 5 nitrogen and oxygen atoms in total. The average molecular weight is 396 g/mol. The second kappa shape index (κ2) is 8.69. The molecule has 0 atom stereocenters. The van der Waals surface area contributed by atoms with Gasteiger partial charge in [-0.3, -0.25) is 4.79 Å². The van der Waals surface area contributed by atoms with Crippen molar-refractivity contribution in [3.8, 4) is 5.88 Å². The van der Waals surface area contributed by atoms with Crippen LogP contribution in [0.15, 0.2) is 30.6 Å². The Balaban J connectivity index is 1.40. The molecule has 2 aromatic heterocycles. The van der Waals surface area contributed by atoms with Gasteiger partial charge in [-0.2, -0.15) is 0 Å². The zero-order chi connectivity index (χ0) is 19.3. The molecule has 1 aromatic carbocycles. The van der Waals surface area contributed by atoms with E-state index >= 15 is 0 Å². The molecule has 2 heterocycles. The summed E-state index contributed by atoms with van der Waals surface area (Å²) < 4.78 is 5.80. The van der Waals surface area contributed by atoms with E-state index in [-0.39, 0.29) is 12.5 Å². The maximum Gasteiger partial charge on any atom is 0.262 e. The van der Waals surface area contributed by atoms with Crippen LogP contribution in [0.3, 0.4) is 0 Å². The first kappa shape index (κ1) is 18.9. The number of aryl methyl sites for hydroxylation is 3. The van der Waals surface area contributed by atoms with Gasteiger partial charge in [0.1, 0.15) is 11.2 Å². The van der Waals surface area contributed by atoms with Crippen LogP contribution in [-0.2, 0) is 24.1 Å². The largest absolute Gasteiger partial charge is 0.467 e. The summed E-state index contributed by atoms with van der Waals surface area (Å²) >= 11 is 1.73. The van der Waals surface area contributed by atoms with Crippen molar-refractivity contribution in [2.75, 3.05) is 11.9 Å². The average Bonchev–Trinajstić information content (AvgIpc) is 3.11. The van der Waals surface area contributed by atoms with Crippen LogP contribution in [0.25, 0.3) is 10.2 Å². The highest BCUT2D eigenvalue weighted by Crippen LogP contribution is 2.38. The molecule has 1 amide bonds. The first-order valence-corrected chi connectivity index (χ1v) is 10.8. The van der Waals surface area contributed by atoms with Gasteiger partial charge in [0.2, 0.25) is 5.88 Å². The predicted molar refractivity (Wildman–Crippen MR) is 113 cm³/mol. The minimum Gasteiger partial charge on any atom is -0.467 e. The number of aromatic nitrogens is 2. The van der Waals surface area contributed by atoms with Gasteiger partial charge in [-0.1, -0.05) is 25.5 Å². The van der Waals surface area contributed by atoms with Crippen molar-refractivity contribution < 1.29 is 9.53 Å². The van der Waals surface area contributed by atoms with Crippen LogP contribution in [0.1, 0.15) is 48.6 Å². The normalized spacial score (nSPS) is 13.3. The summed E-state index contributed by atoms with van der Waals surface area (Å²) in [5.41, 5.74) is 3.39. The lowest BCUT2D eigenvalue weighted by atomic mass is 9.97. The third-order valence-corrected chi connectivity index (χ3v) is 6.31. The van der Waals surface area contributed by atoms with E-state index in [0.717, 1.165) is 35.2 Å². The van der Waals surface area contributed by atoms with Crippen molar-refractivity contribution in [1.29, 1.82) is 0 Å². The number of nitrogens with one attached hydrogen (secondary N) is 1. The highest BCUT2D eigenvalue weighted by Gasteiger charge is 2.21. The van der Waals surface area contributed by atoms with Crippen LogP contribution in [0.4, 0.5) is 5.69 Å². The van der Waals surface area contributed by atoms with Crippen molar-refractivity contribution >= 4 is 33.1 Å². The minimum absolute atomic E-state index is 0.0612. The number of benzene rings is 1. The number of thiophene rings is 1. The molecule has 1 N–H and O–H groups in total. The number of rotatable bonds is 7. The lowest BCUT2D eigenvalue weighted by Gasteiger charge is -2.12. The number of anilines is 1. The number of unbranched alkanes of at least 4 members (excludes halogenated alkanes) is 1. The second-order valence-corrected chi connectivity index (χ2v) is 8.29. The maximum absolute atomic E-state index is 12.3. The van der Waals surface area contributed by atoms with Gasteiger partial charge in [0.05, 0.1) is 5.39 Å². The van der Waals surface area contributed by atoms with E-state index in [1.807, 2.05) is 12.1 Å². The molecule has 0 saturated carbocycles. The fraction of sp³-hybridized carbons (Fsp3) is 0.409. The molecule has 6 heteroatoms. The molecule has 0 bridgehead atoms. The minimum atomic E-state index is -0.183.